The summed E-state index contributed by atoms with van der Waals surface area (Å²) in [6.07, 6.45) is 8.39. The number of hydrogen-bond acceptors (Lipinski definition) is 7. The van der Waals surface area contributed by atoms with Gasteiger partial charge in [-0.05, 0) is 38.2 Å². The first-order valence-electron chi connectivity index (χ1n) is 10.4. The number of aromatic nitrogens is 2. The molecule has 1 amide bonds. The van der Waals surface area contributed by atoms with E-state index in [0.717, 1.165) is 65.0 Å². The number of nitrogens with one attached hydrogen (secondary N) is 2. The van der Waals surface area contributed by atoms with Crippen molar-refractivity contribution in [2.45, 2.75) is 51.1 Å². The molecule has 9 heteroatoms. The molecule has 0 radical (unpaired) electrons. The molecule has 2 aliphatic heterocycles. The number of amides is 1. The molecule has 0 aromatic carbocycles. The van der Waals surface area contributed by atoms with Gasteiger partial charge < -0.3 is 20.5 Å². The zero-order valence-corrected chi connectivity index (χ0v) is 17.1. The lowest BCUT2D eigenvalue weighted by molar-refractivity contribution is -0.126. The smallest absolute Gasteiger partial charge is 0.290 e. The fraction of sp³-hybridized carbons (Fsp3) is 0.700. The number of carbonyl (C=O) groups excluding carboxylic acids is 1. The first-order valence-corrected chi connectivity index (χ1v) is 10.4. The standard InChI is InChI=1S/C19H31N5O2.CH2O2/c1-2-8-20-18(25)15-4-5-16(23-19-21-9-3-10-22-19)14-24(13-15)17-6-11-26-12-7-17;2-1-3/h3,9-10,15-17H,2,4-8,11-14H2,1H3,(H,20,25)(H,21,22,23);1H,(H,2,3)/t15-,16+;/m1./s1. The maximum absolute atomic E-state index is 12.6. The third kappa shape index (κ3) is 7.94. The number of hydrogen-bond donors (Lipinski definition) is 3. The van der Waals surface area contributed by atoms with Crippen molar-refractivity contribution in [2.24, 2.45) is 5.92 Å². The molecule has 29 heavy (non-hydrogen) atoms. The van der Waals surface area contributed by atoms with E-state index in [1.54, 1.807) is 12.4 Å². The van der Waals surface area contributed by atoms with Gasteiger partial charge in [-0.15, -0.1) is 0 Å². The van der Waals surface area contributed by atoms with Crippen molar-refractivity contribution < 1.29 is 19.4 Å². The summed E-state index contributed by atoms with van der Waals surface area (Å²) in [5.74, 6) is 0.909. The Morgan fingerprint density at radius 2 is 1.93 bits per heavy atom. The van der Waals surface area contributed by atoms with Crippen LogP contribution in [-0.2, 0) is 14.3 Å². The molecule has 0 spiro atoms. The molecule has 1 aromatic heterocycles. The molecule has 1 aromatic rings. The molecule has 0 aliphatic carbocycles. The lowest BCUT2D eigenvalue weighted by Gasteiger charge is -2.36. The van der Waals surface area contributed by atoms with Crippen LogP contribution in [0.3, 0.4) is 0 Å². The van der Waals surface area contributed by atoms with Crippen LogP contribution in [0.5, 0.6) is 0 Å². The number of rotatable bonds is 6. The third-order valence-electron chi connectivity index (χ3n) is 5.30. The molecule has 9 nitrogen and oxygen atoms in total. The van der Waals surface area contributed by atoms with Crippen molar-refractivity contribution in [1.29, 1.82) is 0 Å². The molecule has 0 bridgehead atoms. The van der Waals surface area contributed by atoms with Crippen molar-refractivity contribution in [3.05, 3.63) is 18.5 Å². The maximum Gasteiger partial charge on any atom is 0.290 e. The summed E-state index contributed by atoms with van der Waals surface area (Å²) in [4.78, 5) is 32.0. The van der Waals surface area contributed by atoms with Gasteiger partial charge in [0.05, 0.1) is 5.92 Å². The minimum atomic E-state index is -0.250. The summed E-state index contributed by atoms with van der Waals surface area (Å²) < 4.78 is 5.53. The molecule has 2 fully saturated rings. The van der Waals surface area contributed by atoms with E-state index in [9.17, 15) is 4.79 Å². The molecule has 2 atom stereocenters. The Bertz CT molecular complexity index is 598. The average Bonchev–Trinajstić information content (AvgIpc) is 2.97. The van der Waals surface area contributed by atoms with Gasteiger partial charge in [0.15, 0.2) is 0 Å². The Balaban J connectivity index is 0.000000941. The topological polar surface area (TPSA) is 117 Å². The van der Waals surface area contributed by atoms with E-state index in [0.29, 0.717) is 12.0 Å². The van der Waals surface area contributed by atoms with Crippen molar-refractivity contribution in [2.75, 3.05) is 38.2 Å². The van der Waals surface area contributed by atoms with Crippen LogP contribution < -0.4 is 10.6 Å². The summed E-state index contributed by atoms with van der Waals surface area (Å²) in [5, 5.41) is 13.4. The average molecular weight is 408 g/mol. The second kappa shape index (κ2) is 13.1. The van der Waals surface area contributed by atoms with Crippen LogP contribution in [0.4, 0.5) is 5.95 Å². The molecule has 3 N–H and O–H groups in total. The molecule has 2 saturated heterocycles. The Kier molecular flexibility index (Phi) is 10.4. The minimum absolute atomic E-state index is 0.0490. The van der Waals surface area contributed by atoms with Crippen molar-refractivity contribution >= 4 is 18.3 Å². The predicted octanol–water partition coefficient (Wildman–Crippen LogP) is 1.38. The van der Waals surface area contributed by atoms with E-state index in [2.05, 4.69) is 32.4 Å². The minimum Gasteiger partial charge on any atom is -0.483 e. The van der Waals surface area contributed by atoms with Gasteiger partial charge in [-0.25, -0.2) is 9.97 Å². The predicted molar refractivity (Wildman–Crippen MR) is 110 cm³/mol. The van der Waals surface area contributed by atoms with E-state index in [1.165, 1.54) is 0 Å². The van der Waals surface area contributed by atoms with Crippen LogP contribution in [0.25, 0.3) is 0 Å². The Labute approximate surface area is 172 Å². The van der Waals surface area contributed by atoms with Crippen LogP contribution in [-0.4, -0.2) is 77.3 Å². The number of anilines is 1. The van der Waals surface area contributed by atoms with Gasteiger partial charge in [-0.2, -0.15) is 0 Å². The summed E-state index contributed by atoms with van der Waals surface area (Å²) in [6.45, 7) is 5.96. The SMILES string of the molecule is CCCNC(=O)[C@@H]1CC[C@H](Nc2ncccn2)CN(C2CCOCC2)C1.O=CO. The fourth-order valence-corrected chi connectivity index (χ4v) is 3.85. The Hall–Kier alpha value is -2.26. The second-order valence-electron chi connectivity index (χ2n) is 7.38. The molecule has 2 aliphatic rings. The second-order valence-corrected chi connectivity index (χ2v) is 7.38. The molecule has 3 rings (SSSR count). The van der Waals surface area contributed by atoms with Gasteiger partial charge in [0.2, 0.25) is 11.9 Å². The highest BCUT2D eigenvalue weighted by Crippen LogP contribution is 2.24. The number of carbonyl (C=O) groups is 2. The summed E-state index contributed by atoms with van der Waals surface area (Å²) in [6, 6.07) is 2.56. The van der Waals surface area contributed by atoms with Crippen molar-refractivity contribution in [1.82, 2.24) is 20.2 Å². The highest BCUT2D eigenvalue weighted by Gasteiger charge is 2.32. The number of carboxylic acid groups (broad SMARTS) is 1. The van der Waals surface area contributed by atoms with E-state index >= 15 is 0 Å². The fourth-order valence-electron chi connectivity index (χ4n) is 3.85. The molecule has 3 heterocycles. The van der Waals surface area contributed by atoms with E-state index in [-0.39, 0.29) is 24.3 Å². The number of likely N-dealkylation sites (tertiary alicyclic amines) is 1. The van der Waals surface area contributed by atoms with Gasteiger partial charge in [0, 0.05) is 57.3 Å². The van der Waals surface area contributed by atoms with Crippen LogP contribution in [0, 0.1) is 5.92 Å². The summed E-state index contributed by atoms with van der Waals surface area (Å²) in [7, 11) is 0. The summed E-state index contributed by atoms with van der Waals surface area (Å²) >= 11 is 0. The van der Waals surface area contributed by atoms with Crippen LogP contribution in [0.2, 0.25) is 0 Å². The van der Waals surface area contributed by atoms with Gasteiger partial charge in [0.1, 0.15) is 0 Å². The van der Waals surface area contributed by atoms with Crippen LogP contribution >= 0.6 is 0 Å². The van der Waals surface area contributed by atoms with Gasteiger partial charge in [-0.1, -0.05) is 6.92 Å². The van der Waals surface area contributed by atoms with Gasteiger partial charge in [-0.3, -0.25) is 14.5 Å². The van der Waals surface area contributed by atoms with E-state index in [4.69, 9.17) is 14.6 Å². The third-order valence-corrected chi connectivity index (χ3v) is 5.30. The highest BCUT2D eigenvalue weighted by atomic mass is 16.5. The number of nitrogens with zero attached hydrogens (tertiary/aromatic N) is 3. The normalized spacial score (nSPS) is 23.2. The largest absolute Gasteiger partial charge is 0.483 e. The van der Waals surface area contributed by atoms with Crippen molar-refractivity contribution in [3.8, 4) is 0 Å². The maximum atomic E-state index is 12.6. The lowest BCUT2D eigenvalue weighted by atomic mass is 10.0. The first-order chi connectivity index (χ1) is 14.2. The zero-order valence-electron chi connectivity index (χ0n) is 17.1. The van der Waals surface area contributed by atoms with E-state index in [1.807, 2.05) is 6.07 Å². The number of ether oxygens (including phenoxy) is 1. The zero-order chi connectivity index (χ0) is 20.9. The molecule has 0 saturated carbocycles. The van der Waals surface area contributed by atoms with Crippen molar-refractivity contribution in [3.63, 3.8) is 0 Å². The summed E-state index contributed by atoms with van der Waals surface area (Å²) in [5.41, 5.74) is 0. The Morgan fingerprint density at radius 1 is 1.24 bits per heavy atom. The highest BCUT2D eigenvalue weighted by molar-refractivity contribution is 5.78. The van der Waals surface area contributed by atoms with Crippen LogP contribution in [0.15, 0.2) is 18.5 Å². The van der Waals surface area contributed by atoms with Gasteiger partial charge >= 0.3 is 0 Å². The molecule has 0 unspecified atom stereocenters. The molecule has 162 valence electrons. The molecular weight excluding hydrogens is 374 g/mol. The Morgan fingerprint density at radius 3 is 2.59 bits per heavy atom. The quantitative estimate of drug-likeness (QED) is 0.606. The van der Waals surface area contributed by atoms with Crippen LogP contribution in [0.1, 0.15) is 39.0 Å². The monoisotopic (exact) mass is 407 g/mol. The van der Waals surface area contributed by atoms with E-state index < -0.39 is 0 Å². The first kappa shape index (κ1) is 23.0. The molecular formula is C20H33N5O4. The lowest BCUT2D eigenvalue weighted by Crippen LogP contribution is -2.47. The van der Waals surface area contributed by atoms with Gasteiger partial charge in [0.25, 0.3) is 6.47 Å².